The molecule has 6 nitrogen and oxygen atoms in total. The van der Waals surface area contributed by atoms with Crippen molar-refractivity contribution in [3.8, 4) is 0 Å². The summed E-state index contributed by atoms with van der Waals surface area (Å²) in [5.41, 5.74) is 1.01. The number of hydrogen-bond acceptors (Lipinski definition) is 4. The lowest BCUT2D eigenvalue weighted by atomic mass is 10.0. The summed E-state index contributed by atoms with van der Waals surface area (Å²) in [5, 5.41) is 5.75. The molecule has 0 unspecified atom stereocenters. The minimum absolute atomic E-state index is 0.107. The van der Waals surface area contributed by atoms with Crippen LogP contribution in [0.15, 0.2) is 48.5 Å². The van der Waals surface area contributed by atoms with Gasteiger partial charge in [0.05, 0.1) is 28.2 Å². The third-order valence-electron chi connectivity index (χ3n) is 3.54. The zero-order chi connectivity index (χ0) is 19.8. The maximum absolute atomic E-state index is 12.1. The van der Waals surface area contributed by atoms with Gasteiger partial charge in [0.1, 0.15) is 0 Å². The van der Waals surface area contributed by atoms with E-state index in [4.69, 9.17) is 27.9 Å². The van der Waals surface area contributed by atoms with Gasteiger partial charge in [-0.1, -0.05) is 59.6 Å². The predicted octanol–water partition coefficient (Wildman–Crippen LogP) is 3.74. The summed E-state index contributed by atoms with van der Waals surface area (Å²) in [4.78, 5) is 35.5. The van der Waals surface area contributed by atoms with Crippen molar-refractivity contribution in [3.05, 3.63) is 64.1 Å². The standard InChI is InChI=1S/C19H18Cl2N2O4/c1-12(24)22-16(13-6-3-2-4-7-13)10-18(26)27-11-17(25)23-19-14(20)8-5-9-15(19)21/h2-9,16H,10-11H2,1H3,(H,22,24)(H,23,25)/t16-/m1/s1. The van der Waals surface area contributed by atoms with Crippen LogP contribution in [0, 0.1) is 0 Å². The highest BCUT2D eigenvalue weighted by Gasteiger charge is 2.19. The number of amides is 2. The van der Waals surface area contributed by atoms with Gasteiger partial charge < -0.3 is 15.4 Å². The van der Waals surface area contributed by atoms with E-state index in [9.17, 15) is 14.4 Å². The summed E-state index contributed by atoms with van der Waals surface area (Å²) in [5.74, 6) is -1.48. The van der Waals surface area contributed by atoms with Crippen LogP contribution < -0.4 is 10.6 Å². The Kier molecular flexibility index (Phi) is 7.64. The summed E-state index contributed by atoms with van der Waals surface area (Å²) in [6.45, 7) is 0.865. The minimum atomic E-state index is -0.627. The lowest BCUT2D eigenvalue weighted by molar-refractivity contribution is -0.148. The lowest BCUT2D eigenvalue weighted by Gasteiger charge is -2.17. The van der Waals surface area contributed by atoms with E-state index in [1.807, 2.05) is 6.07 Å². The highest BCUT2D eigenvalue weighted by molar-refractivity contribution is 6.39. The predicted molar refractivity (Wildman–Crippen MR) is 104 cm³/mol. The maximum atomic E-state index is 12.1. The molecule has 2 aromatic carbocycles. The number of halogens is 2. The normalized spacial score (nSPS) is 11.4. The fraction of sp³-hybridized carbons (Fsp3) is 0.211. The third kappa shape index (κ3) is 6.58. The average molecular weight is 409 g/mol. The highest BCUT2D eigenvalue weighted by atomic mass is 35.5. The molecule has 2 N–H and O–H groups in total. The van der Waals surface area contributed by atoms with E-state index in [0.29, 0.717) is 0 Å². The Labute approximate surface area is 166 Å². The molecule has 0 saturated heterocycles. The van der Waals surface area contributed by atoms with Crippen molar-refractivity contribution in [1.29, 1.82) is 0 Å². The number of benzene rings is 2. The highest BCUT2D eigenvalue weighted by Crippen LogP contribution is 2.29. The Hall–Kier alpha value is -2.57. The Bertz CT molecular complexity index is 807. The second kappa shape index (κ2) is 9.94. The first-order chi connectivity index (χ1) is 12.9. The first-order valence-electron chi connectivity index (χ1n) is 8.08. The van der Waals surface area contributed by atoms with Crippen LogP contribution in [-0.4, -0.2) is 24.4 Å². The van der Waals surface area contributed by atoms with Gasteiger partial charge in [-0.15, -0.1) is 0 Å². The van der Waals surface area contributed by atoms with Crippen LogP contribution in [0.2, 0.25) is 10.0 Å². The molecule has 8 heteroatoms. The van der Waals surface area contributed by atoms with E-state index in [1.165, 1.54) is 6.92 Å². The van der Waals surface area contributed by atoms with Crippen LogP contribution in [0.1, 0.15) is 24.9 Å². The Balaban J connectivity index is 1.92. The molecule has 0 fully saturated rings. The van der Waals surface area contributed by atoms with E-state index < -0.39 is 24.5 Å². The van der Waals surface area contributed by atoms with Gasteiger partial charge in [0.15, 0.2) is 6.61 Å². The molecule has 0 heterocycles. The zero-order valence-corrected chi connectivity index (χ0v) is 16.0. The Morgan fingerprint density at radius 2 is 1.63 bits per heavy atom. The molecule has 2 rings (SSSR count). The number of carbonyl (C=O) groups excluding carboxylic acids is 3. The molecule has 2 amide bonds. The fourth-order valence-corrected chi connectivity index (χ4v) is 2.84. The molecular formula is C19H18Cl2N2O4. The molecule has 0 aliphatic carbocycles. The number of esters is 1. The molecule has 0 aliphatic rings. The number of para-hydroxylation sites is 1. The topological polar surface area (TPSA) is 84.5 Å². The van der Waals surface area contributed by atoms with Crippen molar-refractivity contribution in [2.45, 2.75) is 19.4 Å². The number of anilines is 1. The second-order valence-electron chi connectivity index (χ2n) is 5.67. The number of ether oxygens (including phenoxy) is 1. The summed E-state index contributed by atoms with van der Waals surface area (Å²) in [7, 11) is 0. The van der Waals surface area contributed by atoms with Crippen molar-refractivity contribution in [3.63, 3.8) is 0 Å². The molecule has 0 bridgehead atoms. The lowest BCUT2D eigenvalue weighted by Crippen LogP contribution is -2.29. The van der Waals surface area contributed by atoms with E-state index in [0.717, 1.165) is 5.56 Å². The maximum Gasteiger partial charge on any atom is 0.308 e. The first kappa shape index (κ1) is 20.7. The second-order valence-corrected chi connectivity index (χ2v) is 6.49. The largest absolute Gasteiger partial charge is 0.455 e. The molecule has 2 aromatic rings. The summed E-state index contributed by atoms with van der Waals surface area (Å²) < 4.78 is 5.00. The van der Waals surface area contributed by atoms with Crippen LogP contribution >= 0.6 is 23.2 Å². The molecular weight excluding hydrogens is 391 g/mol. The minimum Gasteiger partial charge on any atom is -0.455 e. The van der Waals surface area contributed by atoms with Crippen LogP contribution in [0.5, 0.6) is 0 Å². The summed E-state index contributed by atoms with van der Waals surface area (Å²) in [6, 6.07) is 13.3. The molecule has 0 saturated carbocycles. The van der Waals surface area contributed by atoms with E-state index in [2.05, 4.69) is 10.6 Å². The van der Waals surface area contributed by atoms with E-state index in [1.54, 1.807) is 42.5 Å². The van der Waals surface area contributed by atoms with Gasteiger partial charge >= 0.3 is 5.97 Å². The SMILES string of the molecule is CC(=O)N[C@H](CC(=O)OCC(=O)Nc1c(Cl)cccc1Cl)c1ccccc1. The van der Waals surface area contributed by atoms with Crippen LogP contribution in [0.3, 0.4) is 0 Å². The zero-order valence-electron chi connectivity index (χ0n) is 14.5. The third-order valence-corrected chi connectivity index (χ3v) is 4.17. The van der Waals surface area contributed by atoms with Crippen molar-refractivity contribution in [2.24, 2.45) is 0 Å². The molecule has 0 aliphatic heterocycles. The van der Waals surface area contributed by atoms with Gasteiger partial charge in [0, 0.05) is 6.92 Å². The summed E-state index contributed by atoms with van der Waals surface area (Å²) >= 11 is 11.9. The quantitative estimate of drug-likeness (QED) is 0.683. The van der Waals surface area contributed by atoms with Crippen molar-refractivity contribution >= 4 is 46.7 Å². The van der Waals surface area contributed by atoms with Gasteiger partial charge in [-0.25, -0.2) is 0 Å². The Morgan fingerprint density at radius 1 is 1.00 bits per heavy atom. The van der Waals surface area contributed by atoms with Gasteiger partial charge in [0.25, 0.3) is 5.91 Å². The molecule has 142 valence electrons. The van der Waals surface area contributed by atoms with Gasteiger partial charge in [0.2, 0.25) is 5.91 Å². The smallest absolute Gasteiger partial charge is 0.308 e. The van der Waals surface area contributed by atoms with E-state index >= 15 is 0 Å². The number of hydrogen-bond donors (Lipinski definition) is 2. The molecule has 1 atom stereocenters. The number of nitrogens with one attached hydrogen (secondary N) is 2. The number of carbonyl (C=O) groups is 3. The molecule has 0 radical (unpaired) electrons. The van der Waals surface area contributed by atoms with Gasteiger partial charge in [-0.3, -0.25) is 14.4 Å². The molecule has 27 heavy (non-hydrogen) atoms. The van der Waals surface area contributed by atoms with Crippen LogP contribution in [0.25, 0.3) is 0 Å². The van der Waals surface area contributed by atoms with Gasteiger partial charge in [-0.05, 0) is 17.7 Å². The van der Waals surface area contributed by atoms with E-state index in [-0.39, 0.29) is 28.1 Å². The van der Waals surface area contributed by atoms with Crippen molar-refractivity contribution < 1.29 is 19.1 Å². The summed E-state index contributed by atoms with van der Waals surface area (Å²) in [6.07, 6.45) is -0.107. The van der Waals surface area contributed by atoms with Crippen molar-refractivity contribution in [2.75, 3.05) is 11.9 Å². The fourth-order valence-electron chi connectivity index (χ4n) is 2.35. The monoisotopic (exact) mass is 408 g/mol. The van der Waals surface area contributed by atoms with Crippen molar-refractivity contribution in [1.82, 2.24) is 5.32 Å². The average Bonchev–Trinajstić information content (AvgIpc) is 2.63. The number of rotatable bonds is 7. The van der Waals surface area contributed by atoms with Crippen LogP contribution in [-0.2, 0) is 19.1 Å². The van der Waals surface area contributed by atoms with Crippen LogP contribution in [0.4, 0.5) is 5.69 Å². The molecule has 0 spiro atoms. The first-order valence-corrected chi connectivity index (χ1v) is 8.84. The molecule has 0 aromatic heterocycles. The Morgan fingerprint density at radius 3 is 2.22 bits per heavy atom. The van der Waals surface area contributed by atoms with Gasteiger partial charge in [-0.2, -0.15) is 0 Å².